The van der Waals surface area contributed by atoms with E-state index in [4.69, 9.17) is 23.7 Å². The van der Waals surface area contributed by atoms with Crippen LogP contribution in [-0.4, -0.2) is 157 Å². The van der Waals surface area contributed by atoms with Gasteiger partial charge >= 0.3 is 6.09 Å². The van der Waals surface area contributed by atoms with Crippen molar-refractivity contribution in [3.05, 3.63) is 159 Å². The zero-order valence-corrected chi connectivity index (χ0v) is 47.3. The Morgan fingerprint density at radius 1 is 0.646 bits per heavy atom. The van der Waals surface area contributed by atoms with E-state index in [2.05, 4.69) is 112 Å². The molecule has 0 spiro atoms. The number of β-amino-alcohol motifs (C(OH)–C–C–N with tert-alkyl or cyclic N) is 3. The molecule has 5 aromatic rings. The summed E-state index contributed by atoms with van der Waals surface area (Å²) in [5, 5.41) is 36.4. The van der Waals surface area contributed by atoms with Gasteiger partial charge in [-0.2, -0.15) is 0 Å². The van der Waals surface area contributed by atoms with Crippen molar-refractivity contribution >= 4 is 6.09 Å². The summed E-state index contributed by atoms with van der Waals surface area (Å²) in [4.78, 5) is 22.1. The Morgan fingerprint density at radius 3 is 1.84 bits per heavy atom. The number of aliphatic hydroxyl groups is 3. The van der Waals surface area contributed by atoms with E-state index in [0.29, 0.717) is 64.9 Å². The van der Waals surface area contributed by atoms with Crippen molar-refractivity contribution in [3.63, 3.8) is 0 Å². The standard InChI is InChI=1S/C65H87N5O9/c1-47(21-26-66-34-48-11-7-12-49(31-48)42-76-44-55(71)38-67-27-22-51-14-5-6-15-52(51)35-67)33-65(2,3)79-64(74)70-30-23-59(41-70)78-46-57(73)40-69-29-25-61-54(37-69)17-10-20-63(61)62-19-9-16-53-36-68(28-24-60(53)62)39-56(72)45-77-43-50-13-8-18-58(32-50)75-4/h5-20,31-32,47,55-57,59,66,71-73H,21-30,33-46H2,1-4H3. The van der Waals surface area contributed by atoms with E-state index in [1.807, 2.05) is 38.1 Å². The minimum Gasteiger partial charge on any atom is -0.497 e. The number of rotatable bonds is 27. The molecule has 1 saturated heterocycles. The molecule has 1 fully saturated rings. The first-order valence-electron chi connectivity index (χ1n) is 29.0. The number of aliphatic hydroxyl groups excluding tert-OH is 3. The predicted molar refractivity (Wildman–Crippen MR) is 309 cm³/mol. The van der Waals surface area contributed by atoms with E-state index in [1.54, 1.807) is 12.0 Å². The number of hydrogen-bond acceptors (Lipinski definition) is 13. The summed E-state index contributed by atoms with van der Waals surface area (Å²) in [5.74, 6) is 1.13. The minimum atomic E-state index is -0.645. The van der Waals surface area contributed by atoms with Crippen molar-refractivity contribution in [2.24, 2.45) is 5.92 Å². The van der Waals surface area contributed by atoms with Crippen LogP contribution in [-0.2, 0) is 77.6 Å². The number of carbonyl (C=O) groups excluding carboxylic acids is 1. The maximum atomic E-state index is 13.4. The minimum absolute atomic E-state index is 0.145. The van der Waals surface area contributed by atoms with Crippen LogP contribution in [0.25, 0.3) is 11.1 Å². The van der Waals surface area contributed by atoms with Gasteiger partial charge in [0.15, 0.2) is 0 Å². The van der Waals surface area contributed by atoms with Crippen LogP contribution in [0.3, 0.4) is 0 Å². The Morgan fingerprint density at radius 2 is 1.19 bits per heavy atom. The third-order valence-corrected chi connectivity index (χ3v) is 16.2. The number of nitrogens with zero attached hydrogens (tertiary/aromatic N) is 4. The molecule has 5 unspecified atom stereocenters. The highest BCUT2D eigenvalue weighted by atomic mass is 16.6. The van der Waals surface area contributed by atoms with Crippen LogP contribution < -0.4 is 10.1 Å². The second-order valence-corrected chi connectivity index (χ2v) is 23.4. The summed E-state index contributed by atoms with van der Waals surface area (Å²) < 4.78 is 29.5. The first kappa shape index (κ1) is 58.4. The molecule has 0 aromatic heterocycles. The Hall–Kier alpha value is -5.23. The van der Waals surface area contributed by atoms with E-state index >= 15 is 0 Å². The number of carbonyl (C=O) groups is 1. The SMILES string of the molecule is COc1cccc(COCC(O)CN2CCc3c(cccc3-c3cccc4c3CCN(CC(O)COC3CCN(C(=O)OC(C)(C)CC(C)CCNCc5cccc(COCC(O)CN6CCc7ccccc7C6)c5)C3)C4)C2)c1. The van der Waals surface area contributed by atoms with Gasteiger partial charge in [-0.25, -0.2) is 4.79 Å². The highest BCUT2D eigenvalue weighted by molar-refractivity contribution is 5.74. The normalized spacial score (nSPS) is 18.6. The molecule has 4 heterocycles. The molecule has 14 nitrogen and oxygen atoms in total. The van der Waals surface area contributed by atoms with Crippen LogP contribution in [0.5, 0.6) is 5.75 Å². The summed E-state index contributed by atoms with van der Waals surface area (Å²) in [7, 11) is 1.65. The van der Waals surface area contributed by atoms with Gasteiger partial charge in [0.05, 0.1) is 71.1 Å². The van der Waals surface area contributed by atoms with Gasteiger partial charge in [-0.05, 0) is 138 Å². The van der Waals surface area contributed by atoms with Gasteiger partial charge in [-0.1, -0.05) is 104 Å². The van der Waals surface area contributed by atoms with Gasteiger partial charge in [0.1, 0.15) is 11.4 Å². The third-order valence-electron chi connectivity index (χ3n) is 16.2. The fourth-order valence-electron chi connectivity index (χ4n) is 12.3. The molecule has 1 amide bonds. The average Bonchev–Trinajstić information content (AvgIpc) is 3.97. The first-order chi connectivity index (χ1) is 38.3. The molecule has 79 heavy (non-hydrogen) atoms. The number of benzene rings is 5. The highest BCUT2D eigenvalue weighted by Crippen LogP contribution is 2.36. The fourth-order valence-corrected chi connectivity index (χ4v) is 12.3. The van der Waals surface area contributed by atoms with Crippen LogP contribution in [0.1, 0.15) is 90.1 Å². The number of ether oxygens (including phenoxy) is 5. The zero-order valence-electron chi connectivity index (χ0n) is 47.3. The number of nitrogens with one attached hydrogen (secondary N) is 1. The van der Waals surface area contributed by atoms with Crippen molar-refractivity contribution in [2.45, 2.75) is 129 Å². The lowest BCUT2D eigenvalue weighted by Gasteiger charge is -2.33. The molecule has 0 bridgehead atoms. The van der Waals surface area contributed by atoms with Gasteiger partial charge in [0, 0.05) is 72.0 Å². The zero-order chi connectivity index (χ0) is 55.1. The second kappa shape index (κ2) is 28.5. The molecule has 0 aliphatic carbocycles. The molecule has 4 N–H and O–H groups in total. The van der Waals surface area contributed by atoms with Crippen LogP contribution in [0.4, 0.5) is 4.79 Å². The monoisotopic (exact) mass is 1080 g/mol. The molecular weight excluding hydrogens is 995 g/mol. The van der Waals surface area contributed by atoms with Crippen molar-refractivity contribution in [2.75, 3.05) is 85.8 Å². The van der Waals surface area contributed by atoms with Crippen LogP contribution in [0.15, 0.2) is 109 Å². The summed E-state index contributed by atoms with van der Waals surface area (Å²) in [6, 6.07) is 38.1. The largest absolute Gasteiger partial charge is 0.497 e. The van der Waals surface area contributed by atoms with Gasteiger partial charge in [0.2, 0.25) is 0 Å². The quantitative estimate of drug-likeness (QED) is 0.0375. The molecule has 0 saturated carbocycles. The van der Waals surface area contributed by atoms with Crippen LogP contribution >= 0.6 is 0 Å². The fraction of sp³-hybridized carbons (Fsp3) is 0.523. The Labute approximate surface area is 469 Å². The van der Waals surface area contributed by atoms with E-state index in [1.165, 1.54) is 50.1 Å². The van der Waals surface area contributed by atoms with Crippen LogP contribution in [0.2, 0.25) is 0 Å². The smallest absolute Gasteiger partial charge is 0.410 e. The molecular formula is C65H87N5O9. The van der Waals surface area contributed by atoms with Crippen molar-refractivity contribution < 1.29 is 43.8 Å². The predicted octanol–water partition coefficient (Wildman–Crippen LogP) is 8.17. The molecule has 4 aliphatic rings. The molecule has 426 valence electrons. The first-order valence-corrected chi connectivity index (χ1v) is 29.0. The van der Waals surface area contributed by atoms with Gasteiger partial charge in [-0.3, -0.25) is 14.7 Å². The number of amides is 1. The summed E-state index contributed by atoms with van der Waals surface area (Å²) in [6.45, 7) is 17.3. The van der Waals surface area contributed by atoms with Gasteiger partial charge in [0.25, 0.3) is 0 Å². The van der Waals surface area contributed by atoms with E-state index in [0.717, 1.165) is 101 Å². The molecule has 0 radical (unpaired) electrons. The van der Waals surface area contributed by atoms with Crippen molar-refractivity contribution in [3.8, 4) is 16.9 Å². The maximum absolute atomic E-state index is 13.4. The van der Waals surface area contributed by atoms with E-state index in [-0.39, 0.29) is 25.4 Å². The van der Waals surface area contributed by atoms with Crippen LogP contribution in [0, 0.1) is 5.92 Å². The lowest BCUT2D eigenvalue weighted by molar-refractivity contribution is -0.0230. The maximum Gasteiger partial charge on any atom is 0.410 e. The molecule has 4 aliphatic heterocycles. The molecule has 14 heteroatoms. The van der Waals surface area contributed by atoms with E-state index < -0.39 is 23.9 Å². The van der Waals surface area contributed by atoms with E-state index in [9.17, 15) is 20.1 Å². The van der Waals surface area contributed by atoms with Gasteiger partial charge < -0.3 is 49.2 Å². The Balaban J connectivity index is 0.636. The summed E-state index contributed by atoms with van der Waals surface area (Å²) in [5.41, 5.74) is 13.4. The Kier molecular flexibility index (Phi) is 21.0. The number of methoxy groups -OCH3 is 1. The topological polar surface area (TPSA) is 149 Å². The molecule has 5 atom stereocenters. The summed E-state index contributed by atoms with van der Waals surface area (Å²) in [6.07, 6.45) is 3.04. The number of hydrogen-bond donors (Lipinski definition) is 4. The lowest BCUT2D eigenvalue weighted by atomic mass is 9.85. The van der Waals surface area contributed by atoms with Crippen molar-refractivity contribution in [1.82, 2.24) is 24.9 Å². The third kappa shape index (κ3) is 17.2. The molecule has 9 rings (SSSR count). The van der Waals surface area contributed by atoms with Gasteiger partial charge in [-0.15, -0.1) is 0 Å². The highest BCUT2D eigenvalue weighted by Gasteiger charge is 2.34. The number of fused-ring (bicyclic) bond motifs is 3. The second-order valence-electron chi connectivity index (χ2n) is 23.4. The molecule has 5 aromatic carbocycles. The lowest BCUT2D eigenvalue weighted by Crippen LogP contribution is -2.40. The summed E-state index contributed by atoms with van der Waals surface area (Å²) >= 11 is 0. The number of likely N-dealkylation sites (tertiary alicyclic amines) is 1. The average molecular weight is 1080 g/mol. The van der Waals surface area contributed by atoms with Crippen molar-refractivity contribution in [1.29, 1.82) is 0 Å². The Bertz CT molecular complexity index is 2740.